The SMILES string of the molecule is CC.b1cccc2c1Cc1ccccc1-2. The van der Waals surface area contributed by atoms with Gasteiger partial charge in [0.25, 0.3) is 0 Å². The summed E-state index contributed by atoms with van der Waals surface area (Å²) in [5, 5.41) is 0. The van der Waals surface area contributed by atoms with Crippen molar-refractivity contribution in [2.45, 2.75) is 20.3 Å². The van der Waals surface area contributed by atoms with Crippen LogP contribution in [0.3, 0.4) is 0 Å². The van der Waals surface area contributed by atoms with Crippen molar-refractivity contribution in [1.82, 2.24) is 0 Å². The van der Waals surface area contributed by atoms with E-state index >= 15 is 0 Å². The molecule has 0 bridgehead atoms. The molecule has 3 rings (SSSR count). The summed E-state index contributed by atoms with van der Waals surface area (Å²) in [6.45, 7) is 6.22. The van der Waals surface area contributed by atoms with Crippen LogP contribution in [-0.4, -0.2) is 6.91 Å². The van der Waals surface area contributed by atoms with Crippen molar-refractivity contribution >= 4 is 6.91 Å². The van der Waals surface area contributed by atoms with E-state index in [1.807, 2.05) is 13.8 Å². The summed E-state index contributed by atoms with van der Waals surface area (Å²) in [7, 11) is 0. The molecule has 0 saturated carbocycles. The Labute approximate surface area is 92.2 Å². The quantitative estimate of drug-likeness (QED) is 0.512. The molecule has 0 N–H and O–H groups in total. The summed E-state index contributed by atoms with van der Waals surface area (Å²) in [6, 6.07) is 13.0. The molecule has 0 radical (unpaired) electrons. The van der Waals surface area contributed by atoms with Crippen LogP contribution in [0.2, 0.25) is 0 Å². The van der Waals surface area contributed by atoms with E-state index in [1.165, 1.54) is 22.1 Å². The van der Waals surface area contributed by atoms with Gasteiger partial charge in [0.15, 0.2) is 0 Å². The summed E-state index contributed by atoms with van der Waals surface area (Å²) in [5.74, 6) is 2.12. The summed E-state index contributed by atoms with van der Waals surface area (Å²) >= 11 is 0. The molecule has 2 aromatic rings. The first-order valence-corrected chi connectivity index (χ1v) is 5.61. The Morgan fingerprint density at radius 3 is 2.53 bits per heavy atom. The predicted molar refractivity (Wildman–Crippen MR) is 67.4 cm³/mol. The molecule has 1 aliphatic carbocycles. The fourth-order valence-electron chi connectivity index (χ4n) is 2.08. The van der Waals surface area contributed by atoms with Gasteiger partial charge in [-0.25, -0.2) is 0 Å². The van der Waals surface area contributed by atoms with Crippen LogP contribution in [0.15, 0.2) is 42.4 Å². The van der Waals surface area contributed by atoms with Crippen molar-refractivity contribution in [3.05, 3.63) is 53.4 Å². The van der Waals surface area contributed by atoms with Crippen molar-refractivity contribution in [2.24, 2.45) is 0 Å². The second kappa shape index (κ2) is 4.44. The third kappa shape index (κ3) is 1.74. The standard InChI is InChI=1S/C12H9B.C2H6/c1-2-5-10-9(4-1)8-12-11(10)6-3-7-13-12;1-2/h1-7H,8H2;1-2H3. The van der Waals surface area contributed by atoms with Crippen LogP contribution in [0.5, 0.6) is 0 Å². The number of hydrogen-bond acceptors (Lipinski definition) is 0. The topological polar surface area (TPSA) is 0 Å². The molecule has 1 aromatic carbocycles. The van der Waals surface area contributed by atoms with Gasteiger partial charge in [-0.2, -0.15) is 0 Å². The van der Waals surface area contributed by atoms with Crippen LogP contribution in [0.4, 0.5) is 0 Å². The van der Waals surface area contributed by atoms with E-state index in [-0.39, 0.29) is 0 Å². The average molecular weight is 194 g/mol. The molecule has 0 aliphatic heterocycles. The molecule has 0 amide bonds. The summed E-state index contributed by atoms with van der Waals surface area (Å²) < 4.78 is 0. The van der Waals surface area contributed by atoms with Crippen LogP contribution in [-0.2, 0) is 6.42 Å². The third-order valence-corrected chi connectivity index (χ3v) is 2.71. The van der Waals surface area contributed by atoms with Crippen molar-refractivity contribution in [2.75, 3.05) is 0 Å². The molecule has 0 unspecified atom stereocenters. The molecule has 1 aromatic heterocycles. The molecule has 0 saturated heterocycles. The fraction of sp³-hybridized carbons (Fsp3) is 0.214. The van der Waals surface area contributed by atoms with Gasteiger partial charge in [-0.15, -0.1) is 0 Å². The molecule has 1 aliphatic rings. The number of benzene rings is 1. The van der Waals surface area contributed by atoms with Gasteiger partial charge in [0.05, 0.1) is 0 Å². The second-order valence-electron chi connectivity index (χ2n) is 3.49. The Kier molecular flexibility index (Phi) is 3.01. The molecule has 0 nitrogen and oxygen atoms in total. The number of rotatable bonds is 0. The monoisotopic (exact) mass is 194 g/mol. The van der Waals surface area contributed by atoms with Crippen molar-refractivity contribution < 1.29 is 0 Å². The maximum atomic E-state index is 2.22. The van der Waals surface area contributed by atoms with Gasteiger partial charge in [-0.05, 0) is 0 Å². The molecular formula is C14H15B. The minimum atomic E-state index is 1.10. The Morgan fingerprint density at radius 2 is 1.67 bits per heavy atom. The average Bonchev–Trinajstić information content (AvgIpc) is 2.70. The van der Waals surface area contributed by atoms with Crippen LogP contribution < -0.4 is 0 Å². The fourth-order valence-corrected chi connectivity index (χ4v) is 2.08. The number of fused-ring (bicyclic) bond motifs is 3. The van der Waals surface area contributed by atoms with E-state index in [0.717, 1.165) is 6.42 Å². The van der Waals surface area contributed by atoms with E-state index in [1.54, 1.807) is 0 Å². The van der Waals surface area contributed by atoms with E-state index in [4.69, 9.17) is 0 Å². The Bertz CT molecular complexity index is 417. The van der Waals surface area contributed by atoms with Gasteiger partial charge in [0.1, 0.15) is 0 Å². The zero-order valence-corrected chi connectivity index (χ0v) is 9.33. The van der Waals surface area contributed by atoms with Gasteiger partial charge in [-0.1, -0.05) is 13.8 Å². The van der Waals surface area contributed by atoms with Gasteiger partial charge in [0, 0.05) is 0 Å². The first kappa shape index (κ1) is 10.2. The van der Waals surface area contributed by atoms with Crippen molar-refractivity contribution in [1.29, 1.82) is 0 Å². The van der Waals surface area contributed by atoms with Gasteiger partial charge in [-0.3, -0.25) is 0 Å². The summed E-state index contributed by atoms with van der Waals surface area (Å²) in [4.78, 5) is 0. The zero-order chi connectivity index (χ0) is 10.7. The zero-order valence-electron chi connectivity index (χ0n) is 9.33. The van der Waals surface area contributed by atoms with E-state index < -0.39 is 0 Å². The molecule has 15 heavy (non-hydrogen) atoms. The first-order chi connectivity index (χ1) is 7.45. The van der Waals surface area contributed by atoms with Crippen LogP contribution >= 0.6 is 0 Å². The molecule has 1 heterocycles. The predicted octanol–water partition coefficient (Wildman–Crippen LogP) is 3.62. The Hall–Kier alpha value is -1.37. The third-order valence-electron chi connectivity index (χ3n) is 2.71. The maximum absolute atomic E-state index is 2.22. The first-order valence-electron chi connectivity index (χ1n) is 5.61. The van der Waals surface area contributed by atoms with E-state index in [2.05, 4.69) is 49.3 Å². The normalized spacial score (nSPS) is 10.8. The van der Waals surface area contributed by atoms with Gasteiger partial charge in [0.2, 0.25) is 0 Å². The Morgan fingerprint density at radius 1 is 0.933 bits per heavy atom. The molecule has 0 spiro atoms. The van der Waals surface area contributed by atoms with E-state index in [9.17, 15) is 0 Å². The molecule has 74 valence electrons. The molecule has 0 fully saturated rings. The van der Waals surface area contributed by atoms with E-state index in [0.29, 0.717) is 0 Å². The Balaban J connectivity index is 0.000000404. The molecule has 1 heteroatoms. The minimum absolute atomic E-state index is 1.10. The molecule has 0 atom stereocenters. The summed E-state index contributed by atoms with van der Waals surface area (Å²) in [5.41, 5.74) is 5.75. The van der Waals surface area contributed by atoms with Crippen LogP contribution in [0.25, 0.3) is 11.1 Å². The second-order valence-corrected chi connectivity index (χ2v) is 3.49. The van der Waals surface area contributed by atoms with Gasteiger partial charge < -0.3 is 0 Å². The van der Waals surface area contributed by atoms with Gasteiger partial charge >= 0.3 is 77.8 Å². The van der Waals surface area contributed by atoms with Crippen molar-refractivity contribution in [3.63, 3.8) is 0 Å². The molecular weight excluding hydrogens is 179 g/mol. The summed E-state index contributed by atoms with van der Waals surface area (Å²) in [6.07, 6.45) is 1.10. The van der Waals surface area contributed by atoms with Crippen LogP contribution in [0.1, 0.15) is 24.9 Å². The van der Waals surface area contributed by atoms with Crippen molar-refractivity contribution in [3.8, 4) is 11.1 Å². The number of hydrogen-bond donors (Lipinski definition) is 0. The van der Waals surface area contributed by atoms with Crippen LogP contribution in [0, 0.1) is 0 Å².